The van der Waals surface area contributed by atoms with Crippen LogP contribution in [0.3, 0.4) is 0 Å². The fourth-order valence-electron chi connectivity index (χ4n) is 7.06. The molecular formula is C51H88O10. The highest BCUT2D eigenvalue weighted by molar-refractivity contribution is 5.70. The van der Waals surface area contributed by atoms with Gasteiger partial charge in [0.1, 0.15) is 31.0 Å². The van der Waals surface area contributed by atoms with Crippen LogP contribution in [0.5, 0.6) is 0 Å². The number of aliphatic hydroxyl groups is 4. The van der Waals surface area contributed by atoms with Crippen LogP contribution in [0.4, 0.5) is 0 Å². The molecule has 1 rings (SSSR count). The highest BCUT2D eigenvalue weighted by Gasteiger charge is 2.44. The lowest BCUT2D eigenvalue weighted by Gasteiger charge is -2.39. The van der Waals surface area contributed by atoms with Crippen molar-refractivity contribution in [2.75, 3.05) is 19.8 Å². The second kappa shape index (κ2) is 41.4. The molecule has 352 valence electrons. The Hall–Kier alpha value is -2.60. The van der Waals surface area contributed by atoms with Gasteiger partial charge in [-0.05, 0) is 77.0 Å². The Kier molecular flexibility index (Phi) is 38.3. The lowest BCUT2D eigenvalue weighted by Crippen LogP contribution is -2.59. The second-order valence-corrected chi connectivity index (χ2v) is 16.5. The highest BCUT2D eigenvalue weighted by Crippen LogP contribution is 2.23. The first-order chi connectivity index (χ1) is 29.8. The molecule has 4 N–H and O–H groups in total. The Bertz CT molecular complexity index is 1180. The Balaban J connectivity index is 2.29. The van der Waals surface area contributed by atoms with Crippen LogP contribution in [0.1, 0.15) is 194 Å². The quantitative estimate of drug-likeness (QED) is 0.0266. The number of esters is 2. The molecule has 0 bridgehead atoms. The third kappa shape index (κ3) is 32.7. The third-order valence-corrected chi connectivity index (χ3v) is 10.9. The number of carbonyl (C=O) groups is 2. The minimum Gasteiger partial charge on any atom is -0.462 e. The van der Waals surface area contributed by atoms with Crippen LogP contribution in [0.15, 0.2) is 60.8 Å². The average molecular weight is 861 g/mol. The second-order valence-electron chi connectivity index (χ2n) is 16.5. The van der Waals surface area contributed by atoms with Crippen LogP contribution < -0.4 is 0 Å². The average Bonchev–Trinajstić information content (AvgIpc) is 3.26. The van der Waals surface area contributed by atoms with E-state index >= 15 is 0 Å². The number of aliphatic hydroxyl groups excluding tert-OH is 4. The van der Waals surface area contributed by atoms with Crippen LogP contribution in [0, 0.1) is 0 Å². The molecule has 0 spiro atoms. The first-order valence-corrected chi connectivity index (χ1v) is 24.4. The zero-order valence-corrected chi connectivity index (χ0v) is 38.4. The van der Waals surface area contributed by atoms with Crippen molar-refractivity contribution < 1.29 is 49.0 Å². The van der Waals surface area contributed by atoms with Gasteiger partial charge in [-0.2, -0.15) is 0 Å². The number of unbranched alkanes of at least 4 members (excludes halogenated alkanes) is 19. The van der Waals surface area contributed by atoms with E-state index < -0.39 is 49.4 Å². The van der Waals surface area contributed by atoms with Crippen LogP contribution in [-0.4, -0.2) is 89.0 Å². The van der Waals surface area contributed by atoms with E-state index in [1.165, 1.54) is 96.3 Å². The van der Waals surface area contributed by atoms with Crippen molar-refractivity contribution >= 4 is 11.9 Å². The van der Waals surface area contributed by atoms with Gasteiger partial charge in [-0.3, -0.25) is 9.59 Å². The molecule has 1 aliphatic rings. The summed E-state index contributed by atoms with van der Waals surface area (Å²) in [7, 11) is 0. The van der Waals surface area contributed by atoms with Gasteiger partial charge >= 0.3 is 11.9 Å². The number of hydrogen-bond acceptors (Lipinski definition) is 10. The van der Waals surface area contributed by atoms with E-state index in [1.807, 2.05) is 0 Å². The predicted molar refractivity (Wildman–Crippen MR) is 247 cm³/mol. The maximum Gasteiger partial charge on any atom is 0.306 e. The standard InChI is InChI=1S/C51H88O10/c1-3-5-7-9-11-13-15-17-19-20-21-22-23-24-26-27-29-31-33-35-37-39-46(53)58-42-44(43-59-51-50(57)49(56)48(55)45(41-52)61-51)60-47(54)40-38-36-34-32-30-28-25-18-16-14-12-10-8-6-4-2/h6,8,12,14,17-19,25,30,32,44-45,48-52,55-57H,3-5,7,9-11,13,15-16,20-24,26-29,31,33-43H2,1-2H3/b8-6+,14-12+,19-17+,25-18+,32-30+/t44-,45-,48+,49?,50?,51-/m0/s1. The summed E-state index contributed by atoms with van der Waals surface area (Å²) in [6.45, 7) is 3.27. The van der Waals surface area contributed by atoms with E-state index in [0.29, 0.717) is 6.42 Å². The molecule has 1 aliphatic heterocycles. The number of hydrogen-bond donors (Lipinski definition) is 4. The number of rotatable bonds is 40. The zero-order chi connectivity index (χ0) is 44.4. The minimum atomic E-state index is -1.60. The van der Waals surface area contributed by atoms with Gasteiger partial charge in [0.25, 0.3) is 0 Å². The molecule has 0 aromatic heterocycles. The Morgan fingerprint density at radius 3 is 1.51 bits per heavy atom. The van der Waals surface area contributed by atoms with Crippen LogP contribution in [-0.2, 0) is 28.5 Å². The molecular weight excluding hydrogens is 773 g/mol. The molecule has 0 amide bonds. The summed E-state index contributed by atoms with van der Waals surface area (Å²) in [6.07, 6.45) is 43.8. The van der Waals surface area contributed by atoms with Crippen LogP contribution in [0.25, 0.3) is 0 Å². The van der Waals surface area contributed by atoms with Crippen molar-refractivity contribution in [2.45, 2.75) is 230 Å². The number of ether oxygens (including phenoxy) is 4. The third-order valence-electron chi connectivity index (χ3n) is 10.9. The largest absolute Gasteiger partial charge is 0.462 e. The first kappa shape index (κ1) is 56.4. The molecule has 0 saturated carbocycles. The van der Waals surface area contributed by atoms with Gasteiger partial charge in [0.05, 0.1) is 13.2 Å². The van der Waals surface area contributed by atoms with Crippen LogP contribution >= 0.6 is 0 Å². The van der Waals surface area contributed by atoms with E-state index in [4.69, 9.17) is 18.9 Å². The van der Waals surface area contributed by atoms with E-state index in [-0.39, 0.29) is 32.0 Å². The first-order valence-electron chi connectivity index (χ1n) is 24.4. The summed E-state index contributed by atoms with van der Waals surface area (Å²) >= 11 is 0. The van der Waals surface area contributed by atoms with Crippen molar-refractivity contribution in [3.63, 3.8) is 0 Å². The molecule has 61 heavy (non-hydrogen) atoms. The molecule has 0 aromatic carbocycles. The number of allylic oxidation sites excluding steroid dienone is 10. The summed E-state index contributed by atoms with van der Waals surface area (Å²) < 4.78 is 22.2. The molecule has 1 saturated heterocycles. The maximum atomic E-state index is 12.8. The van der Waals surface area contributed by atoms with Crippen LogP contribution in [0.2, 0.25) is 0 Å². The number of carbonyl (C=O) groups excluding carboxylic acids is 2. The molecule has 2 unspecified atom stereocenters. The lowest BCUT2D eigenvalue weighted by atomic mass is 9.99. The molecule has 0 aliphatic carbocycles. The minimum absolute atomic E-state index is 0.176. The summed E-state index contributed by atoms with van der Waals surface area (Å²) in [5.41, 5.74) is 0. The molecule has 0 aromatic rings. The monoisotopic (exact) mass is 861 g/mol. The smallest absolute Gasteiger partial charge is 0.306 e. The van der Waals surface area contributed by atoms with Crippen molar-refractivity contribution in [3.05, 3.63) is 60.8 Å². The van der Waals surface area contributed by atoms with Gasteiger partial charge in [-0.15, -0.1) is 0 Å². The zero-order valence-electron chi connectivity index (χ0n) is 38.4. The lowest BCUT2D eigenvalue weighted by molar-refractivity contribution is -0.305. The molecule has 6 atom stereocenters. The van der Waals surface area contributed by atoms with Crippen molar-refractivity contribution in [2.24, 2.45) is 0 Å². The Labute approximate surface area is 370 Å². The SMILES string of the molecule is CC/C=C/C/C=C/C/C=C/C/C=C/CCCCC(=O)O[C@@H](COC(=O)CCCCCCCCCCCCC/C=C/CCCCCCCC)CO[C@H]1O[C@@H](CO)[C@@H](O)C(O)C1O. The summed E-state index contributed by atoms with van der Waals surface area (Å²) in [6, 6.07) is 0. The summed E-state index contributed by atoms with van der Waals surface area (Å²) in [4.78, 5) is 25.4. The Morgan fingerprint density at radius 1 is 0.525 bits per heavy atom. The fraction of sp³-hybridized carbons (Fsp3) is 0.765. The predicted octanol–water partition coefficient (Wildman–Crippen LogP) is 11.0. The fourth-order valence-corrected chi connectivity index (χ4v) is 7.06. The molecule has 1 fully saturated rings. The maximum absolute atomic E-state index is 12.8. The van der Waals surface area contributed by atoms with Gasteiger partial charge in [0, 0.05) is 12.8 Å². The highest BCUT2D eigenvalue weighted by atomic mass is 16.7. The Morgan fingerprint density at radius 2 is 0.967 bits per heavy atom. The van der Waals surface area contributed by atoms with E-state index in [9.17, 15) is 30.0 Å². The van der Waals surface area contributed by atoms with Gasteiger partial charge in [0.2, 0.25) is 0 Å². The van der Waals surface area contributed by atoms with Gasteiger partial charge in [0.15, 0.2) is 12.4 Å². The van der Waals surface area contributed by atoms with Gasteiger partial charge in [-0.1, -0.05) is 164 Å². The van der Waals surface area contributed by atoms with E-state index in [0.717, 1.165) is 64.2 Å². The van der Waals surface area contributed by atoms with Crippen molar-refractivity contribution in [1.29, 1.82) is 0 Å². The van der Waals surface area contributed by atoms with Gasteiger partial charge in [-0.25, -0.2) is 0 Å². The summed E-state index contributed by atoms with van der Waals surface area (Å²) in [5.74, 6) is -0.856. The van der Waals surface area contributed by atoms with E-state index in [1.54, 1.807) is 0 Å². The van der Waals surface area contributed by atoms with Crippen molar-refractivity contribution in [3.8, 4) is 0 Å². The summed E-state index contributed by atoms with van der Waals surface area (Å²) in [5, 5.41) is 40.1. The molecule has 10 heteroatoms. The topological polar surface area (TPSA) is 152 Å². The van der Waals surface area contributed by atoms with Gasteiger partial charge < -0.3 is 39.4 Å². The molecule has 0 radical (unpaired) electrons. The van der Waals surface area contributed by atoms with Crippen molar-refractivity contribution in [1.82, 2.24) is 0 Å². The molecule has 1 heterocycles. The normalized spacial score (nSPS) is 20.3. The van der Waals surface area contributed by atoms with E-state index in [2.05, 4.69) is 74.6 Å². The molecule has 10 nitrogen and oxygen atoms in total.